The number of benzene rings is 1. The molecule has 0 atom stereocenters. The number of nitrogens with two attached hydrogens (primary N) is 1. The maximum atomic E-state index is 11.8. The van der Waals surface area contributed by atoms with Gasteiger partial charge >= 0.3 is 0 Å². The number of nitrogens with one attached hydrogen (secondary N) is 1. The lowest BCUT2D eigenvalue weighted by molar-refractivity contribution is -0.116. The van der Waals surface area contributed by atoms with Crippen LogP contribution in [0.4, 0.5) is 5.69 Å². The maximum absolute atomic E-state index is 11.8. The van der Waals surface area contributed by atoms with Gasteiger partial charge < -0.3 is 11.1 Å². The lowest BCUT2D eigenvalue weighted by atomic mass is 10.1. The van der Waals surface area contributed by atoms with Crippen molar-refractivity contribution in [2.45, 2.75) is 19.9 Å². The van der Waals surface area contributed by atoms with Crippen molar-refractivity contribution in [1.29, 1.82) is 0 Å². The third-order valence-electron chi connectivity index (χ3n) is 3.16. The van der Waals surface area contributed by atoms with Crippen LogP contribution in [0, 0.1) is 0 Å². The Morgan fingerprint density at radius 2 is 2.05 bits per heavy atom. The zero-order chi connectivity index (χ0) is 15.1. The van der Waals surface area contributed by atoms with Crippen molar-refractivity contribution < 1.29 is 4.79 Å². The number of aromatic nitrogens is 1. The Labute approximate surface area is 124 Å². The van der Waals surface area contributed by atoms with Gasteiger partial charge in [-0.1, -0.05) is 25.1 Å². The monoisotopic (exact) mass is 281 g/mol. The number of anilines is 1. The van der Waals surface area contributed by atoms with E-state index in [1.807, 2.05) is 24.3 Å². The third kappa shape index (κ3) is 4.45. The fraction of sp³-hybridized carbons (Fsp3) is 0.176. The Bertz CT molecular complexity index is 633. The SMILES string of the molecule is CCc1cccnc1CNC(=O)/C=C/c1ccc(N)cc1. The zero-order valence-electron chi connectivity index (χ0n) is 12.0. The van der Waals surface area contributed by atoms with Crippen molar-refractivity contribution >= 4 is 17.7 Å². The molecular weight excluding hydrogens is 262 g/mol. The van der Waals surface area contributed by atoms with Gasteiger partial charge in [-0.15, -0.1) is 0 Å². The standard InChI is InChI=1S/C17H19N3O/c1-2-14-4-3-11-19-16(14)12-20-17(21)10-7-13-5-8-15(18)9-6-13/h3-11H,2,12,18H2,1H3,(H,20,21)/b10-7+. The first kappa shape index (κ1) is 14.8. The van der Waals surface area contributed by atoms with Crippen LogP contribution in [0.5, 0.6) is 0 Å². The van der Waals surface area contributed by atoms with Crippen LogP contribution in [0.2, 0.25) is 0 Å². The van der Waals surface area contributed by atoms with Crippen molar-refractivity contribution in [3.8, 4) is 0 Å². The number of rotatable bonds is 5. The van der Waals surface area contributed by atoms with Gasteiger partial charge in [0.2, 0.25) is 5.91 Å². The zero-order valence-corrected chi connectivity index (χ0v) is 12.0. The minimum absolute atomic E-state index is 0.139. The van der Waals surface area contributed by atoms with Crippen molar-refractivity contribution in [3.63, 3.8) is 0 Å². The number of nitrogen functional groups attached to an aromatic ring is 1. The smallest absolute Gasteiger partial charge is 0.244 e. The van der Waals surface area contributed by atoms with Crippen molar-refractivity contribution in [3.05, 3.63) is 65.5 Å². The first-order chi connectivity index (χ1) is 10.2. The van der Waals surface area contributed by atoms with E-state index in [4.69, 9.17) is 5.73 Å². The summed E-state index contributed by atoms with van der Waals surface area (Å²) in [5.41, 5.74) is 9.32. The lowest BCUT2D eigenvalue weighted by Crippen LogP contribution is -2.21. The summed E-state index contributed by atoms with van der Waals surface area (Å²) in [5, 5.41) is 2.84. The molecule has 4 nitrogen and oxygen atoms in total. The van der Waals surface area contributed by atoms with Gasteiger partial charge in [-0.2, -0.15) is 0 Å². The molecule has 1 aromatic carbocycles. The van der Waals surface area contributed by atoms with E-state index in [-0.39, 0.29) is 5.91 Å². The summed E-state index contributed by atoms with van der Waals surface area (Å²) in [5.74, 6) is -0.139. The van der Waals surface area contributed by atoms with Crippen molar-refractivity contribution in [2.75, 3.05) is 5.73 Å². The summed E-state index contributed by atoms with van der Waals surface area (Å²) >= 11 is 0. The molecule has 0 unspecified atom stereocenters. The Balaban J connectivity index is 1.91. The molecule has 0 bridgehead atoms. The molecule has 2 aromatic rings. The van der Waals surface area contributed by atoms with Crippen LogP contribution in [-0.4, -0.2) is 10.9 Å². The molecule has 0 saturated heterocycles. The number of hydrogen-bond donors (Lipinski definition) is 2. The van der Waals surface area contributed by atoms with Crippen LogP contribution >= 0.6 is 0 Å². The second-order valence-electron chi connectivity index (χ2n) is 4.68. The number of nitrogens with zero attached hydrogens (tertiary/aromatic N) is 1. The van der Waals surface area contributed by atoms with Crippen LogP contribution in [0.15, 0.2) is 48.7 Å². The van der Waals surface area contributed by atoms with E-state index in [0.29, 0.717) is 12.2 Å². The van der Waals surface area contributed by atoms with Crippen LogP contribution in [0.1, 0.15) is 23.7 Å². The second kappa shape index (κ2) is 7.24. The molecule has 1 aromatic heterocycles. The van der Waals surface area contributed by atoms with E-state index in [9.17, 15) is 4.79 Å². The fourth-order valence-corrected chi connectivity index (χ4v) is 1.96. The van der Waals surface area contributed by atoms with E-state index < -0.39 is 0 Å². The van der Waals surface area contributed by atoms with Crippen LogP contribution in [-0.2, 0) is 17.8 Å². The number of hydrogen-bond acceptors (Lipinski definition) is 3. The largest absolute Gasteiger partial charge is 0.399 e. The molecule has 4 heteroatoms. The van der Waals surface area contributed by atoms with Gasteiger partial charge in [-0.05, 0) is 41.8 Å². The topological polar surface area (TPSA) is 68.0 Å². The summed E-state index contributed by atoms with van der Waals surface area (Å²) in [4.78, 5) is 16.1. The average molecular weight is 281 g/mol. The average Bonchev–Trinajstić information content (AvgIpc) is 2.52. The van der Waals surface area contributed by atoms with Crippen molar-refractivity contribution in [1.82, 2.24) is 10.3 Å². The fourth-order valence-electron chi connectivity index (χ4n) is 1.96. The molecule has 1 heterocycles. The van der Waals surface area contributed by atoms with Gasteiger partial charge in [-0.3, -0.25) is 9.78 Å². The van der Waals surface area contributed by atoms with Gasteiger partial charge in [0, 0.05) is 18.0 Å². The predicted octanol–water partition coefficient (Wildman–Crippen LogP) is 2.56. The summed E-state index contributed by atoms with van der Waals surface area (Å²) in [7, 11) is 0. The molecule has 3 N–H and O–H groups in total. The minimum Gasteiger partial charge on any atom is -0.399 e. The Morgan fingerprint density at radius 3 is 2.76 bits per heavy atom. The molecule has 0 aliphatic rings. The highest BCUT2D eigenvalue weighted by atomic mass is 16.1. The third-order valence-corrected chi connectivity index (χ3v) is 3.16. The van der Waals surface area contributed by atoms with E-state index in [1.54, 1.807) is 24.4 Å². The molecule has 1 amide bonds. The summed E-state index contributed by atoms with van der Waals surface area (Å²) in [6.45, 7) is 2.51. The van der Waals surface area contributed by atoms with Gasteiger partial charge in [0.15, 0.2) is 0 Å². The van der Waals surface area contributed by atoms with E-state index in [0.717, 1.165) is 23.2 Å². The van der Waals surface area contributed by atoms with Gasteiger partial charge in [0.05, 0.1) is 12.2 Å². The van der Waals surface area contributed by atoms with Crippen LogP contribution < -0.4 is 11.1 Å². The molecule has 0 spiro atoms. The van der Waals surface area contributed by atoms with Gasteiger partial charge in [0.1, 0.15) is 0 Å². The molecule has 108 valence electrons. The number of pyridine rings is 1. The molecule has 0 aliphatic heterocycles. The van der Waals surface area contributed by atoms with Crippen LogP contribution in [0.25, 0.3) is 6.08 Å². The van der Waals surface area contributed by atoms with Gasteiger partial charge in [-0.25, -0.2) is 0 Å². The lowest BCUT2D eigenvalue weighted by Gasteiger charge is -2.06. The molecule has 0 aliphatic carbocycles. The highest BCUT2D eigenvalue weighted by Crippen LogP contribution is 2.07. The molecule has 0 saturated carbocycles. The number of amides is 1. The highest BCUT2D eigenvalue weighted by Gasteiger charge is 2.02. The maximum Gasteiger partial charge on any atom is 0.244 e. The molecule has 0 fully saturated rings. The highest BCUT2D eigenvalue weighted by molar-refractivity contribution is 5.91. The van der Waals surface area contributed by atoms with Crippen LogP contribution in [0.3, 0.4) is 0 Å². The normalized spacial score (nSPS) is 10.7. The molecule has 2 rings (SSSR count). The summed E-state index contributed by atoms with van der Waals surface area (Å²) in [6.07, 6.45) is 5.92. The Morgan fingerprint density at radius 1 is 1.29 bits per heavy atom. The Hall–Kier alpha value is -2.62. The van der Waals surface area contributed by atoms with E-state index >= 15 is 0 Å². The van der Waals surface area contributed by atoms with Crippen molar-refractivity contribution in [2.24, 2.45) is 0 Å². The minimum atomic E-state index is -0.139. The molecule has 0 radical (unpaired) electrons. The van der Waals surface area contributed by atoms with E-state index in [2.05, 4.69) is 17.2 Å². The number of carbonyl (C=O) groups is 1. The van der Waals surface area contributed by atoms with Gasteiger partial charge in [0.25, 0.3) is 0 Å². The Kier molecular flexibility index (Phi) is 5.10. The number of aryl methyl sites for hydroxylation is 1. The predicted molar refractivity (Wildman–Crippen MR) is 85.4 cm³/mol. The second-order valence-corrected chi connectivity index (χ2v) is 4.68. The number of carbonyl (C=O) groups excluding carboxylic acids is 1. The molecular formula is C17H19N3O. The van der Waals surface area contributed by atoms with E-state index in [1.165, 1.54) is 6.08 Å². The quantitative estimate of drug-likeness (QED) is 0.653. The molecule has 21 heavy (non-hydrogen) atoms. The first-order valence-electron chi connectivity index (χ1n) is 6.93. The first-order valence-corrected chi connectivity index (χ1v) is 6.93. The summed E-state index contributed by atoms with van der Waals surface area (Å²) < 4.78 is 0. The summed E-state index contributed by atoms with van der Waals surface area (Å²) in [6, 6.07) is 11.3.